The average molecular weight is 300 g/mol. The van der Waals surface area contributed by atoms with Gasteiger partial charge < -0.3 is 10.2 Å². The molecule has 0 aromatic rings. The predicted molar refractivity (Wildman–Crippen MR) is 88.3 cm³/mol. The topological polar surface area (TPSA) is 40.5 Å². The molecule has 2 fully saturated rings. The zero-order chi connectivity index (χ0) is 15.7. The van der Waals surface area contributed by atoms with Gasteiger partial charge in [-0.1, -0.05) is 44.6 Å². The monoisotopic (exact) mass is 300 g/mol. The molecule has 22 heavy (non-hydrogen) atoms. The molecular weight excluding hydrogens is 272 g/mol. The van der Waals surface area contributed by atoms with Gasteiger partial charge in [0.25, 0.3) is 0 Å². The lowest BCUT2D eigenvalue weighted by molar-refractivity contribution is -0.0472. The Hall–Kier alpha value is -1.02. The Labute approximate surface area is 133 Å². The highest BCUT2D eigenvalue weighted by atomic mass is 16.3. The normalized spacial score (nSPS) is 53.2. The highest BCUT2D eigenvalue weighted by molar-refractivity contribution is 5.35. The van der Waals surface area contributed by atoms with E-state index in [1.807, 2.05) is 6.08 Å². The smallest absolute Gasteiger partial charge is 0.0944 e. The van der Waals surface area contributed by atoms with Crippen LogP contribution < -0.4 is 0 Å². The molecule has 2 saturated carbocycles. The van der Waals surface area contributed by atoms with Gasteiger partial charge in [-0.2, -0.15) is 0 Å². The summed E-state index contributed by atoms with van der Waals surface area (Å²) in [4.78, 5) is 0. The van der Waals surface area contributed by atoms with Crippen molar-refractivity contribution in [2.75, 3.05) is 0 Å². The summed E-state index contributed by atoms with van der Waals surface area (Å²) in [5.74, 6) is 3.17. The Morgan fingerprint density at radius 3 is 2.77 bits per heavy atom. The van der Waals surface area contributed by atoms with Crippen LogP contribution in [0.3, 0.4) is 0 Å². The summed E-state index contributed by atoms with van der Waals surface area (Å²) in [7, 11) is 0. The molecule has 2 nitrogen and oxygen atoms in total. The standard InChI is InChI=1S/C20H28O2/c1-12-10-13-11-14(21)6-8-19(13,2)16-7-9-20(3)15(18(12)16)4-5-17(20)22/h5-6,8,11-12,14-16,18,21-22H,4,7,9-10H2,1-3H3/t12-,14-,15-,16-,18-,19-,20-/m0/s1. The molecule has 2 heteroatoms. The van der Waals surface area contributed by atoms with Crippen molar-refractivity contribution in [3.8, 4) is 0 Å². The first-order valence-corrected chi connectivity index (χ1v) is 8.84. The fourth-order valence-electron chi connectivity index (χ4n) is 6.22. The maximum absolute atomic E-state index is 10.4. The summed E-state index contributed by atoms with van der Waals surface area (Å²) in [5.41, 5.74) is 1.55. The number of aliphatic hydroxyl groups excluding tert-OH is 2. The van der Waals surface area contributed by atoms with Gasteiger partial charge in [0.1, 0.15) is 0 Å². The van der Waals surface area contributed by atoms with Crippen molar-refractivity contribution in [1.29, 1.82) is 0 Å². The first-order chi connectivity index (χ1) is 10.4. The zero-order valence-electron chi connectivity index (χ0n) is 13.9. The summed E-state index contributed by atoms with van der Waals surface area (Å²) >= 11 is 0. The largest absolute Gasteiger partial charge is 0.512 e. The summed E-state index contributed by atoms with van der Waals surface area (Å²) < 4.78 is 0. The zero-order valence-corrected chi connectivity index (χ0v) is 13.9. The molecule has 120 valence electrons. The first kappa shape index (κ1) is 14.6. The Kier molecular flexibility index (Phi) is 2.98. The van der Waals surface area contributed by atoms with Crippen LogP contribution in [0, 0.1) is 34.5 Å². The van der Waals surface area contributed by atoms with E-state index in [9.17, 15) is 10.2 Å². The van der Waals surface area contributed by atoms with Crippen LogP contribution in [0.2, 0.25) is 0 Å². The highest BCUT2D eigenvalue weighted by Crippen LogP contribution is 2.65. The van der Waals surface area contributed by atoms with Crippen LogP contribution in [0.4, 0.5) is 0 Å². The Bertz CT molecular complexity index is 587. The van der Waals surface area contributed by atoms with Crippen molar-refractivity contribution in [3.05, 3.63) is 35.6 Å². The summed E-state index contributed by atoms with van der Waals surface area (Å²) in [6.07, 6.45) is 12.4. The van der Waals surface area contributed by atoms with Gasteiger partial charge in [-0.15, -0.1) is 0 Å². The summed E-state index contributed by atoms with van der Waals surface area (Å²) in [5, 5.41) is 20.4. The maximum atomic E-state index is 10.4. The molecule has 0 aromatic carbocycles. The molecule has 0 amide bonds. The third-order valence-electron chi connectivity index (χ3n) is 7.55. The number of allylic oxidation sites excluding steroid dienone is 4. The molecular formula is C20H28O2. The number of fused-ring (bicyclic) bond motifs is 5. The van der Waals surface area contributed by atoms with Crippen LogP contribution >= 0.6 is 0 Å². The van der Waals surface area contributed by atoms with Gasteiger partial charge in [0.15, 0.2) is 0 Å². The van der Waals surface area contributed by atoms with Crippen LogP contribution in [0.1, 0.15) is 46.5 Å². The second-order valence-electron chi connectivity index (χ2n) is 8.58. The first-order valence-electron chi connectivity index (χ1n) is 8.84. The molecule has 0 aliphatic heterocycles. The summed E-state index contributed by atoms with van der Waals surface area (Å²) in [6, 6.07) is 0. The van der Waals surface area contributed by atoms with Gasteiger partial charge in [0.2, 0.25) is 0 Å². The quantitative estimate of drug-likeness (QED) is 0.652. The van der Waals surface area contributed by atoms with Crippen LogP contribution in [0.25, 0.3) is 0 Å². The molecule has 4 aliphatic carbocycles. The van der Waals surface area contributed by atoms with Gasteiger partial charge in [-0.3, -0.25) is 0 Å². The third-order valence-corrected chi connectivity index (χ3v) is 7.55. The summed E-state index contributed by atoms with van der Waals surface area (Å²) in [6.45, 7) is 7.02. The minimum absolute atomic E-state index is 0.00486. The van der Waals surface area contributed by atoms with E-state index in [4.69, 9.17) is 0 Å². The molecule has 0 aromatic heterocycles. The molecule has 2 N–H and O–H groups in total. The Balaban J connectivity index is 1.74. The third kappa shape index (κ3) is 1.71. The van der Waals surface area contributed by atoms with E-state index in [0.29, 0.717) is 29.4 Å². The van der Waals surface area contributed by atoms with Crippen LogP contribution in [-0.4, -0.2) is 16.3 Å². The fraction of sp³-hybridized carbons (Fsp3) is 0.700. The molecule has 0 spiro atoms. The van der Waals surface area contributed by atoms with E-state index in [1.165, 1.54) is 12.0 Å². The minimum atomic E-state index is -0.405. The van der Waals surface area contributed by atoms with E-state index in [1.54, 1.807) is 0 Å². The van der Waals surface area contributed by atoms with Gasteiger partial charge in [0.05, 0.1) is 11.9 Å². The van der Waals surface area contributed by atoms with E-state index in [2.05, 4.69) is 39.0 Å². The van der Waals surface area contributed by atoms with E-state index >= 15 is 0 Å². The molecule has 4 rings (SSSR count). The Morgan fingerprint density at radius 1 is 1.23 bits per heavy atom. The minimum Gasteiger partial charge on any atom is -0.512 e. The predicted octanol–water partition coefficient (Wildman–Crippen LogP) is 4.38. The SMILES string of the molecule is C[C@H]1CC2=C[C@@H](O)C=C[C@]2(C)[C@H]2CC[C@]3(C)C(O)=CC[C@H]3[C@H]12. The van der Waals surface area contributed by atoms with Crippen molar-refractivity contribution in [3.63, 3.8) is 0 Å². The molecule has 7 atom stereocenters. The second-order valence-corrected chi connectivity index (χ2v) is 8.58. The van der Waals surface area contributed by atoms with Gasteiger partial charge in [-0.25, -0.2) is 0 Å². The van der Waals surface area contributed by atoms with E-state index in [-0.39, 0.29) is 10.8 Å². The lowest BCUT2D eigenvalue weighted by atomic mass is 9.46. The van der Waals surface area contributed by atoms with Crippen molar-refractivity contribution >= 4 is 0 Å². The Morgan fingerprint density at radius 2 is 2.00 bits per heavy atom. The van der Waals surface area contributed by atoms with Gasteiger partial charge in [-0.05, 0) is 55.4 Å². The second kappa shape index (κ2) is 4.50. The van der Waals surface area contributed by atoms with Crippen molar-refractivity contribution in [2.45, 2.75) is 52.6 Å². The van der Waals surface area contributed by atoms with Gasteiger partial charge in [0, 0.05) is 10.8 Å². The van der Waals surface area contributed by atoms with Crippen LogP contribution in [0.15, 0.2) is 35.6 Å². The maximum Gasteiger partial charge on any atom is 0.0944 e. The molecule has 0 saturated heterocycles. The number of hydrogen-bond acceptors (Lipinski definition) is 2. The average Bonchev–Trinajstić information content (AvgIpc) is 2.77. The van der Waals surface area contributed by atoms with Gasteiger partial charge >= 0.3 is 0 Å². The van der Waals surface area contributed by atoms with Crippen LogP contribution in [-0.2, 0) is 0 Å². The van der Waals surface area contributed by atoms with E-state index in [0.717, 1.165) is 19.3 Å². The van der Waals surface area contributed by atoms with Crippen molar-refractivity contribution in [2.24, 2.45) is 34.5 Å². The molecule has 0 unspecified atom stereocenters. The van der Waals surface area contributed by atoms with Crippen molar-refractivity contribution in [1.82, 2.24) is 0 Å². The fourth-order valence-corrected chi connectivity index (χ4v) is 6.22. The molecule has 4 aliphatic rings. The molecule has 0 radical (unpaired) electrons. The molecule has 0 bridgehead atoms. The number of aliphatic hydroxyl groups is 2. The highest BCUT2D eigenvalue weighted by Gasteiger charge is 2.58. The van der Waals surface area contributed by atoms with Crippen LogP contribution in [0.5, 0.6) is 0 Å². The number of rotatable bonds is 0. The van der Waals surface area contributed by atoms with Crippen molar-refractivity contribution < 1.29 is 10.2 Å². The molecule has 0 heterocycles. The lowest BCUT2D eigenvalue weighted by Crippen LogP contribution is -2.52. The lowest BCUT2D eigenvalue weighted by Gasteiger charge is -2.58. The van der Waals surface area contributed by atoms with E-state index < -0.39 is 6.10 Å². The number of hydrogen-bond donors (Lipinski definition) is 2.